The van der Waals surface area contributed by atoms with Crippen molar-refractivity contribution in [2.45, 2.75) is 13.5 Å². The molecule has 9 nitrogen and oxygen atoms in total. The van der Waals surface area contributed by atoms with Crippen LogP contribution in [0.3, 0.4) is 0 Å². The number of aryl methyl sites for hydroxylation is 1. The third-order valence-electron chi connectivity index (χ3n) is 4.68. The van der Waals surface area contributed by atoms with Gasteiger partial charge in [-0.25, -0.2) is 9.78 Å². The van der Waals surface area contributed by atoms with Gasteiger partial charge >= 0.3 is 5.69 Å². The fourth-order valence-electron chi connectivity index (χ4n) is 3.12. The molecule has 0 aliphatic carbocycles. The second kappa shape index (κ2) is 6.84. The molecule has 0 bridgehead atoms. The van der Waals surface area contributed by atoms with E-state index in [1.807, 2.05) is 25.1 Å². The second-order valence-corrected chi connectivity index (χ2v) is 6.42. The molecule has 1 amide bonds. The van der Waals surface area contributed by atoms with E-state index in [4.69, 9.17) is 9.47 Å². The first-order valence-electron chi connectivity index (χ1n) is 8.74. The molecule has 1 aliphatic rings. The number of H-pyrrole nitrogens is 1. The lowest BCUT2D eigenvalue weighted by molar-refractivity contribution is 0.0752. The Labute approximate surface area is 159 Å². The van der Waals surface area contributed by atoms with Crippen molar-refractivity contribution in [3.63, 3.8) is 0 Å². The summed E-state index contributed by atoms with van der Waals surface area (Å²) in [5.74, 6) is 1.07. The zero-order valence-electron chi connectivity index (χ0n) is 15.4. The molecule has 0 atom stereocenters. The maximum absolute atomic E-state index is 13.0. The van der Waals surface area contributed by atoms with Gasteiger partial charge in [-0.2, -0.15) is 0 Å². The van der Waals surface area contributed by atoms with Crippen LogP contribution in [0.4, 0.5) is 0 Å². The van der Waals surface area contributed by atoms with Crippen LogP contribution in [0.15, 0.2) is 40.1 Å². The molecule has 0 saturated heterocycles. The molecular weight excluding hydrogens is 364 g/mol. The molecule has 1 aliphatic heterocycles. The van der Waals surface area contributed by atoms with Crippen LogP contribution in [0.1, 0.15) is 22.8 Å². The monoisotopic (exact) mass is 382 g/mol. The van der Waals surface area contributed by atoms with E-state index >= 15 is 0 Å². The van der Waals surface area contributed by atoms with Crippen LogP contribution < -0.4 is 20.7 Å². The van der Waals surface area contributed by atoms with Crippen LogP contribution in [-0.2, 0) is 13.6 Å². The van der Waals surface area contributed by atoms with E-state index in [2.05, 4.69) is 9.97 Å². The Kier molecular flexibility index (Phi) is 4.34. The maximum atomic E-state index is 13.0. The standard InChI is InChI=1S/C19H18N4O5/c1-3-23(9-11-4-5-14-15(6-11)28-10-27-14)18(25)12-7-13-16(20-8-12)22(2)19(26)21-17(13)24/h4-8H,3,9-10H2,1-2H3,(H,21,24,26). The molecule has 9 heteroatoms. The van der Waals surface area contributed by atoms with Gasteiger partial charge < -0.3 is 14.4 Å². The lowest BCUT2D eigenvalue weighted by atomic mass is 10.1. The quantitative estimate of drug-likeness (QED) is 0.722. The Bertz CT molecular complexity index is 1200. The summed E-state index contributed by atoms with van der Waals surface area (Å²) in [7, 11) is 1.51. The van der Waals surface area contributed by atoms with Crippen molar-refractivity contribution >= 4 is 16.9 Å². The van der Waals surface area contributed by atoms with Gasteiger partial charge in [-0.05, 0) is 30.7 Å². The van der Waals surface area contributed by atoms with Gasteiger partial charge in [-0.15, -0.1) is 0 Å². The zero-order valence-corrected chi connectivity index (χ0v) is 15.4. The van der Waals surface area contributed by atoms with E-state index in [1.165, 1.54) is 23.9 Å². The number of nitrogens with one attached hydrogen (secondary N) is 1. The minimum Gasteiger partial charge on any atom is -0.454 e. The number of benzene rings is 1. The Balaban J connectivity index is 1.65. The lowest BCUT2D eigenvalue weighted by Crippen LogP contribution is -2.32. The number of ether oxygens (including phenoxy) is 2. The first-order valence-corrected chi connectivity index (χ1v) is 8.74. The summed E-state index contributed by atoms with van der Waals surface area (Å²) in [6.07, 6.45) is 1.38. The van der Waals surface area contributed by atoms with E-state index in [0.29, 0.717) is 24.6 Å². The van der Waals surface area contributed by atoms with Gasteiger partial charge in [0.1, 0.15) is 5.65 Å². The van der Waals surface area contributed by atoms with Gasteiger partial charge in [-0.3, -0.25) is 19.1 Å². The number of carbonyl (C=O) groups is 1. The molecule has 4 rings (SSSR count). The van der Waals surface area contributed by atoms with Crippen LogP contribution >= 0.6 is 0 Å². The molecule has 0 saturated carbocycles. The highest BCUT2D eigenvalue weighted by atomic mass is 16.7. The number of fused-ring (bicyclic) bond motifs is 2. The fourth-order valence-corrected chi connectivity index (χ4v) is 3.12. The van der Waals surface area contributed by atoms with Gasteiger partial charge in [0.2, 0.25) is 6.79 Å². The normalized spacial score (nSPS) is 12.4. The molecule has 144 valence electrons. The molecule has 0 spiro atoms. The maximum Gasteiger partial charge on any atom is 0.329 e. The van der Waals surface area contributed by atoms with Crippen LogP contribution in [0.2, 0.25) is 0 Å². The van der Waals surface area contributed by atoms with Crippen molar-refractivity contribution in [2.24, 2.45) is 7.05 Å². The summed E-state index contributed by atoms with van der Waals surface area (Å²) in [6, 6.07) is 7.00. The molecule has 3 aromatic rings. The number of pyridine rings is 1. The number of hydrogen-bond acceptors (Lipinski definition) is 6. The van der Waals surface area contributed by atoms with Gasteiger partial charge in [0.05, 0.1) is 10.9 Å². The van der Waals surface area contributed by atoms with Crippen molar-refractivity contribution in [3.05, 3.63) is 62.4 Å². The average molecular weight is 382 g/mol. The van der Waals surface area contributed by atoms with Gasteiger partial charge in [0.25, 0.3) is 11.5 Å². The summed E-state index contributed by atoms with van der Waals surface area (Å²) in [5.41, 5.74) is 0.276. The van der Waals surface area contributed by atoms with Gasteiger partial charge in [0.15, 0.2) is 11.5 Å². The van der Waals surface area contributed by atoms with Crippen molar-refractivity contribution in [1.29, 1.82) is 0 Å². The summed E-state index contributed by atoms with van der Waals surface area (Å²) >= 11 is 0. The fraction of sp³-hybridized carbons (Fsp3) is 0.263. The summed E-state index contributed by atoms with van der Waals surface area (Å²) in [6.45, 7) is 2.90. The van der Waals surface area contributed by atoms with Crippen LogP contribution in [0, 0.1) is 0 Å². The highest BCUT2D eigenvalue weighted by Crippen LogP contribution is 2.32. The predicted molar refractivity (Wildman–Crippen MR) is 101 cm³/mol. The van der Waals surface area contributed by atoms with E-state index in [1.54, 1.807) is 4.90 Å². The highest BCUT2D eigenvalue weighted by Gasteiger charge is 2.19. The number of rotatable bonds is 4. The van der Waals surface area contributed by atoms with Crippen LogP contribution in [-0.4, -0.2) is 38.7 Å². The Morgan fingerprint density at radius 3 is 2.82 bits per heavy atom. The third-order valence-corrected chi connectivity index (χ3v) is 4.68. The number of aromatic nitrogens is 3. The van der Waals surface area contributed by atoms with Crippen molar-refractivity contribution in [3.8, 4) is 11.5 Å². The first kappa shape index (κ1) is 17.8. The SMILES string of the molecule is CCN(Cc1ccc2c(c1)OCO2)C(=O)c1cnc2c(c1)c(=O)[nH]c(=O)n2C. The molecule has 0 radical (unpaired) electrons. The number of amides is 1. The molecule has 1 N–H and O–H groups in total. The van der Waals surface area contributed by atoms with Gasteiger partial charge in [0, 0.05) is 26.3 Å². The minimum atomic E-state index is -0.570. The van der Waals surface area contributed by atoms with Crippen molar-refractivity contribution < 1.29 is 14.3 Å². The Hall–Kier alpha value is -3.62. The summed E-state index contributed by atoms with van der Waals surface area (Å²) in [4.78, 5) is 44.8. The molecule has 1 aromatic carbocycles. The lowest BCUT2D eigenvalue weighted by Gasteiger charge is -2.21. The second-order valence-electron chi connectivity index (χ2n) is 6.42. The van der Waals surface area contributed by atoms with Gasteiger partial charge in [-0.1, -0.05) is 6.07 Å². The smallest absolute Gasteiger partial charge is 0.329 e. The number of aromatic amines is 1. The van der Waals surface area contributed by atoms with E-state index in [9.17, 15) is 14.4 Å². The molecule has 0 unspecified atom stereocenters. The average Bonchev–Trinajstić information content (AvgIpc) is 3.17. The molecular formula is C19H18N4O5. The van der Waals surface area contributed by atoms with E-state index in [0.717, 1.165) is 5.56 Å². The number of carbonyl (C=O) groups excluding carboxylic acids is 1. The Morgan fingerprint density at radius 1 is 1.25 bits per heavy atom. The van der Waals surface area contributed by atoms with Crippen LogP contribution in [0.25, 0.3) is 11.0 Å². The molecule has 3 heterocycles. The summed E-state index contributed by atoms with van der Waals surface area (Å²) in [5, 5.41) is 0.187. The van der Waals surface area contributed by atoms with Crippen LogP contribution in [0.5, 0.6) is 11.5 Å². The van der Waals surface area contributed by atoms with Crippen molar-refractivity contribution in [2.75, 3.05) is 13.3 Å². The number of nitrogens with zero attached hydrogens (tertiary/aromatic N) is 3. The molecule has 28 heavy (non-hydrogen) atoms. The Morgan fingerprint density at radius 2 is 2.04 bits per heavy atom. The van der Waals surface area contributed by atoms with Crippen molar-refractivity contribution in [1.82, 2.24) is 19.4 Å². The third kappa shape index (κ3) is 3.00. The number of hydrogen-bond donors (Lipinski definition) is 1. The highest BCUT2D eigenvalue weighted by molar-refractivity contribution is 5.96. The zero-order chi connectivity index (χ0) is 19.8. The largest absolute Gasteiger partial charge is 0.454 e. The van der Waals surface area contributed by atoms with E-state index < -0.39 is 11.2 Å². The first-order chi connectivity index (χ1) is 13.5. The molecule has 0 fully saturated rings. The topological polar surface area (TPSA) is 107 Å². The molecule has 2 aromatic heterocycles. The summed E-state index contributed by atoms with van der Waals surface area (Å²) < 4.78 is 11.9. The predicted octanol–water partition coefficient (Wildman–Crippen LogP) is 1.01. The minimum absolute atomic E-state index is 0.187. The van der Waals surface area contributed by atoms with E-state index in [-0.39, 0.29) is 29.3 Å².